The van der Waals surface area contributed by atoms with Crippen LogP contribution in [0.2, 0.25) is 0 Å². The maximum atomic E-state index is 14.5. The van der Waals surface area contributed by atoms with Crippen LogP contribution in [0.1, 0.15) is 26.3 Å². The van der Waals surface area contributed by atoms with Crippen LogP contribution < -0.4 is 34.7 Å². The second-order valence-electron chi connectivity index (χ2n) is 6.99. The van der Waals surface area contributed by atoms with Crippen LogP contribution in [0, 0.1) is 11.6 Å². The predicted octanol–water partition coefficient (Wildman–Crippen LogP) is 0.0190. The Morgan fingerprint density at radius 1 is 1.03 bits per heavy atom. The van der Waals surface area contributed by atoms with Crippen molar-refractivity contribution in [1.82, 2.24) is 20.0 Å². The number of nitrogens with one attached hydrogen (secondary N) is 1. The first-order valence-electron chi connectivity index (χ1n) is 9.38. The Labute approximate surface area is 209 Å². The largest absolute Gasteiger partial charge is 1.00 e. The van der Waals surface area contributed by atoms with Gasteiger partial charge in [0.25, 0.3) is 0 Å². The molecule has 0 saturated carbocycles. The monoisotopic (exact) mass is 456 g/mol. The van der Waals surface area contributed by atoms with E-state index in [1.807, 2.05) is 0 Å². The van der Waals surface area contributed by atoms with Gasteiger partial charge < -0.3 is 9.90 Å². The van der Waals surface area contributed by atoms with Crippen molar-refractivity contribution in [3.63, 3.8) is 0 Å². The standard InChI is InChI=1S/C23H16F2N4O3.Na/c1-29-12-17(11-28-29)13-2-4-18(23(31)32)14(6-13)3-5-21(30)22-19(24)7-15(8-20(22)25)16-9-26-27-10-16;/h2-12H,1H3,(H,26,27)(H,31,32);/q;+1/p-1/b5-3+;. The molecule has 0 aliphatic rings. The number of aromatic amines is 1. The fourth-order valence-electron chi connectivity index (χ4n) is 3.27. The van der Waals surface area contributed by atoms with E-state index in [2.05, 4.69) is 15.3 Å². The fraction of sp³-hybridized carbons (Fsp3) is 0.0435. The van der Waals surface area contributed by atoms with E-state index >= 15 is 0 Å². The van der Waals surface area contributed by atoms with E-state index in [0.717, 1.165) is 23.8 Å². The Bertz CT molecular complexity index is 1340. The van der Waals surface area contributed by atoms with Crippen LogP contribution >= 0.6 is 0 Å². The number of hydrogen-bond acceptors (Lipinski definition) is 5. The SMILES string of the molecule is Cn1cc(-c2ccc(C(=O)[O-])c(/C=C/C(=O)c3c(F)cc(-c4cn[nH]c4)cc3F)c2)cn1.[Na+]. The number of carbonyl (C=O) groups excluding carboxylic acids is 2. The van der Waals surface area contributed by atoms with Gasteiger partial charge in [-0.25, -0.2) is 8.78 Å². The van der Waals surface area contributed by atoms with Crippen LogP contribution in [0.4, 0.5) is 8.78 Å². The third-order valence-electron chi connectivity index (χ3n) is 4.84. The zero-order valence-corrected chi connectivity index (χ0v) is 19.7. The third kappa shape index (κ3) is 5.16. The molecule has 0 unspecified atom stereocenters. The number of benzene rings is 2. The quantitative estimate of drug-likeness (QED) is 0.250. The fourth-order valence-corrected chi connectivity index (χ4v) is 3.27. The van der Waals surface area contributed by atoms with Gasteiger partial charge >= 0.3 is 29.6 Å². The van der Waals surface area contributed by atoms with Gasteiger partial charge in [0.15, 0.2) is 5.78 Å². The first-order valence-corrected chi connectivity index (χ1v) is 9.38. The molecule has 0 amide bonds. The Kier molecular flexibility index (Phi) is 7.37. The Morgan fingerprint density at radius 2 is 1.76 bits per heavy atom. The minimum absolute atomic E-state index is 0. The number of carbonyl (C=O) groups is 2. The molecule has 0 radical (unpaired) electrons. The molecule has 0 spiro atoms. The van der Waals surface area contributed by atoms with Gasteiger partial charge in [-0.1, -0.05) is 18.2 Å². The van der Waals surface area contributed by atoms with Gasteiger partial charge in [-0.05, 0) is 41.0 Å². The molecule has 0 fully saturated rings. The molecule has 0 aliphatic heterocycles. The Balaban J connectivity index is 0.00000306. The number of allylic oxidation sites excluding steroid dienone is 1. The summed E-state index contributed by atoms with van der Waals surface area (Å²) in [5.41, 5.74) is 1.29. The molecule has 160 valence electrons. The number of aromatic carboxylic acids is 1. The van der Waals surface area contributed by atoms with E-state index in [1.165, 1.54) is 30.6 Å². The van der Waals surface area contributed by atoms with Gasteiger partial charge in [-0.15, -0.1) is 0 Å². The second kappa shape index (κ2) is 10.0. The number of carboxylic acids is 1. The average Bonchev–Trinajstić information content (AvgIpc) is 3.43. The topological polar surface area (TPSA) is 104 Å². The minimum Gasteiger partial charge on any atom is -0.545 e. The van der Waals surface area contributed by atoms with Crippen molar-refractivity contribution in [3.05, 3.63) is 89.5 Å². The zero-order chi connectivity index (χ0) is 22.8. The molecular weight excluding hydrogens is 441 g/mol. The molecule has 0 saturated heterocycles. The number of hydrogen-bond donors (Lipinski definition) is 1. The van der Waals surface area contributed by atoms with Crippen molar-refractivity contribution in [2.45, 2.75) is 0 Å². The van der Waals surface area contributed by atoms with Crippen LogP contribution in [0.3, 0.4) is 0 Å². The van der Waals surface area contributed by atoms with Crippen LogP contribution in [0.25, 0.3) is 28.3 Å². The second-order valence-corrected chi connectivity index (χ2v) is 6.99. The minimum atomic E-state index is -1.45. The summed E-state index contributed by atoms with van der Waals surface area (Å²) >= 11 is 0. The molecule has 0 bridgehead atoms. The summed E-state index contributed by atoms with van der Waals surface area (Å²) in [5, 5.41) is 21.8. The molecule has 2 heterocycles. The number of rotatable bonds is 6. The van der Waals surface area contributed by atoms with Gasteiger partial charge in [-0.2, -0.15) is 10.2 Å². The van der Waals surface area contributed by atoms with Crippen molar-refractivity contribution < 1.29 is 53.0 Å². The van der Waals surface area contributed by atoms with E-state index in [-0.39, 0.29) is 46.2 Å². The normalized spacial score (nSPS) is 10.9. The number of halogens is 2. The molecule has 7 nitrogen and oxygen atoms in total. The zero-order valence-electron chi connectivity index (χ0n) is 17.7. The predicted molar refractivity (Wildman–Crippen MR) is 110 cm³/mol. The van der Waals surface area contributed by atoms with Gasteiger partial charge in [0.1, 0.15) is 11.6 Å². The van der Waals surface area contributed by atoms with E-state index < -0.39 is 29.0 Å². The maximum absolute atomic E-state index is 14.5. The Hall–Kier alpha value is -3.40. The van der Waals surface area contributed by atoms with Gasteiger partial charge in [0, 0.05) is 36.1 Å². The number of ketones is 1. The average molecular weight is 456 g/mol. The van der Waals surface area contributed by atoms with Gasteiger partial charge in [-0.3, -0.25) is 14.6 Å². The van der Waals surface area contributed by atoms with E-state index in [9.17, 15) is 23.5 Å². The molecule has 4 rings (SSSR count). The van der Waals surface area contributed by atoms with Gasteiger partial charge in [0.05, 0.1) is 23.9 Å². The molecule has 33 heavy (non-hydrogen) atoms. The maximum Gasteiger partial charge on any atom is 1.00 e. The third-order valence-corrected chi connectivity index (χ3v) is 4.84. The number of aryl methyl sites for hydroxylation is 1. The molecule has 2 aromatic carbocycles. The first kappa shape index (κ1) is 24.2. The van der Waals surface area contributed by atoms with Crippen molar-refractivity contribution in [1.29, 1.82) is 0 Å². The molecular formula is C23H15F2N4NaO3. The number of H-pyrrole nitrogens is 1. The van der Waals surface area contributed by atoms with Crippen LogP contribution in [0.5, 0.6) is 0 Å². The summed E-state index contributed by atoms with van der Waals surface area (Å²) in [6, 6.07) is 6.51. The number of nitrogens with zero attached hydrogens (tertiary/aromatic N) is 3. The molecule has 1 N–H and O–H groups in total. The summed E-state index contributed by atoms with van der Waals surface area (Å²) in [7, 11) is 1.74. The summed E-state index contributed by atoms with van der Waals surface area (Å²) in [4.78, 5) is 24.0. The molecule has 0 atom stereocenters. The summed E-state index contributed by atoms with van der Waals surface area (Å²) in [6.45, 7) is 0. The van der Waals surface area contributed by atoms with Gasteiger partial charge in [0.2, 0.25) is 0 Å². The number of carboxylic acid groups (broad SMARTS) is 1. The van der Waals surface area contributed by atoms with Crippen LogP contribution in [-0.4, -0.2) is 31.7 Å². The Morgan fingerprint density at radius 3 is 2.33 bits per heavy atom. The summed E-state index contributed by atoms with van der Waals surface area (Å²) < 4.78 is 30.7. The molecule has 2 aromatic heterocycles. The smallest absolute Gasteiger partial charge is 0.545 e. The molecule has 10 heteroatoms. The summed E-state index contributed by atoms with van der Waals surface area (Å²) in [5.74, 6) is -4.48. The molecule has 4 aromatic rings. The van der Waals surface area contributed by atoms with Crippen molar-refractivity contribution >= 4 is 17.8 Å². The first-order chi connectivity index (χ1) is 15.3. The van der Waals surface area contributed by atoms with Crippen molar-refractivity contribution in [2.75, 3.05) is 0 Å². The molecule has 0 aliphatic carbocycles. The van der Waals surface area contributed by atoms with Crippen molar-refractivity contribution in [2.24, 2.45) is 7.05 Å². The number of aromatic nitrogens is 4. The summed E-state index contributed by atoms with van der Waals surface area (Å²) in [6.07, 6.45) is 8.31. The van der Waals surface area contributed by atoms with E-state index in [4.69, 9.17) is 0 Å². The van der Waals surface area contributed by atoms with E-state index in [0.29, 0.717) is 11.1 Å². The van der Waals surface area contributed by atoms with Crippen LogP contribution in [-0.2, 0) is 7.05 Å². The van der Waals surface area contributed by atoms with Crippen molar-refractivity contribution in [3.8, 4) is 22.3 Å². The van der Waals surface area contributed by atoms with Crippen LogP contribution in [0.15, 0.2) is 61.2 Å². The van der Waals surface area contributed by atoms with E-state index in [1.54, 1.807) is 30.2 Å².